The number of H-pyrrole nitrogens is 1. The maximum absolute atomic E-state index is 14.1. The molecule has 380 valence electrons. The van der Waals surface area contributed by atoms with E-state index in [4.69, 9.17) is 37.5 Å². The van der Waals surface area contributed by atoms with Gasteiger partial charge in [0.1, 0.15) is 66.4 Å². The Balaban J connectivity index is 0.973. The Hall–Kier alpha value is -7.90. The van der Waals surface area contributed by atoms with Crippen molar-refractivity contribution in [1.82, 2.24) is 19.1 Å². The molecular weight excluding hydrogens is 974 g/mol. The van der Waals surface area contributed by atoms with Crippen LogP contribution >= 0.6 is 8.25 Å². The molecule has 5 aromatic carbocycles. The van der Waals surface area contributed by atoms with Crippen molar-refractivity contribution < 1.29 is 51.6 Å². The van der Waals surface area contributed by atoms with E-state index in [0.29, 0.717) is 17.1 Å². The van der Waals surface area contributed by atoms with Gasteiger partial charge in [0, 0.05) is 40.9 Å². The molecule has 0 radical (unpaired) electrons. The summed E-state index contributed by atoms with van der Waals surface area (Å²) >= 11 is 0. The molecule has 1 unspecified atom stereocenters. The van der Waals surface area contributed by atoms with E-state index in [2.05, 4.69) is 15.3 Å². The lowest BCUT2D eigenvalue weighted by atomic mass is 9.80. The van der Waals surface area contributed by atoms with Gasteiger partial charge in [-0.25, -0.2) is 14.4 Å². The van der Waals surface area contributed by atoms with E-state index in [1.807, 2.05) is 78.9 Å². The van der Waals surface area contributed by atoms with Gasteiger partial charge in [-0.1, -0.05) is 91.0 Å². The monoisotopic (exact) mass is 1020 g/mol. The molecule has 19 nitrogen and oxygen atoms in total. The van der Waals surface area contributed by atoms with E-state index in [-0.39, 0.29) is 36.4 Å². The molecule has 2 N–H and O–H groups in total. The van der Waals surface area contributed by atoms with Gasteiger partial charge in [0.25, 0.3) is 11.5 Å². The molecule has 2 aliphatic heterocycles. The summed E-state index contributed by atoms with van der Waals surface area (Å²) in [6.45, 7) is 0.918. The number of carbonyl (C=O) groups excluding carboxylic acids is 2. The third-order valence-electron chi connectivity index (χ3n) is 12.7. The lowest BCUT2D eigenvalue weighted by Gasteiger charge is -2.37. The van der Waals surface area contributed by atoms with Crippen molar-refractivity contribution in [3.63, 3.8) is 0 Å². The van der Waals surface area contributed by atoms with Crippen LogP contribution in [0.2, 0.25) is 0 Å². The van der Waals surface area contributed by atoms with Crippen LogP contribution in [-0.2, 0) is 38.2 Å². The molecule has 2 fully saturated rings. The molecule has 2 saturated heterocycles. The molecule has 7 aromatic rings. The van der Waals surface area contributed by atoms with Gasteiger partial charge in [-0.15, -0.1) is 9.05 Å². The highest BCUT2D eigenvalue weighted by Crippen LogP contribution is 2.44. The summed E-state index contributed by atoms with van der Waals surface area (Å²) in [7, 11) is 0.136. The molecule has 20 heteroatoms. The van der Waals surface area contributed by atoms with E-state index in [1.54, 1.807) is 81.8 Å². The molecule has 7 atom stereocenters. The van der Waals surface area contributed by atoms with E-state index in [1.165, 1.54) is 27.6 Å². The number of aromatic nitrogens is 4. The molecule has 0 spiro atoms. The first-order valence-corrected chi connectivity index (χ1v) is 24.6. The Morgan fingerprint density at radius 2 is 1.24 bits per heavy atom. The summed E-state index contributed by atoms with van der Waals surface area (Å²) in [6, 6.07) is 42.5. The predicted molar refractivity (Wildman–Crippen MR) is 268 cm³/mol. The van der Waals surface area contributed by atoms with Crippen LogP contribution in [0.1, 0.15) is 68.3 Å². The van der Waals surface area contributed by atoms with Crippen LogP contribution in [-0.4, -0.2) is 82.8 Å². The minimum atomic E-state index is -3.01. The van der Waals surface area contributed by atoms with E-state index >= 15 is 0 Å². The number of hydrogen-bond donors (Lipinski definition) is 2. The van der Waals surface area contributed by atoms with Crippen LogP contribution in [0.15, 0.2) is 172 Å². The third kappa shape index (κ3) is 11.3. The molecule has 2 aromatic heterocycles. The van der Waals surface area contributed by atoms with Gasteiger partial charge in [0.15, 0.2) is 0 Å². The SMILES string of the molecule is COc1ccc(C(OC[C@H]2O[C@@H](n3cc(C)c(=O)[nH]c3=O)C[C@@H]2O[P+](=O)OC[C@H]2O[C@@H](n3ccc(NC(=O)c4ccccc4)nc3=O)C[C@@H]2OC(=O)c2ccccc2)(c2ccccc2)c2ccc(OC)cc2)cc1. The first kappa shape index (κ1) is 51.0. The minimum Gasteiger partial charge on any atom is -0.497 e. The number of nitrogens with one attached hydrogen (secondary N) is 2. The van der Waals surface area contributed by atoms with Crippen molar-refractivity contribution in [2.45, 2.75) is 62.2 Å². The Bertz CT molecular complexity index is 3220. The minimum absolute atomic E-state index is 0.00815. The topological polar surface area (TPSA) is 227 Å². The predicted octanol–water partition coefficient (Wildman–Crippen LogP) is 7.24. The zero-order valence-corrected chi connectivity index (χ0v) is 41.2. The molecular formula is C54H51N5O14P+. The second kappa shape index (κ2) is 22.9. The van der Waals surface area contributed by atoms with Crippen LogP contribution in [0.25, 0.3) is 0 Å². The molecule has 0 bridgehead atoms. The molecule has 4 heterocycles. The molecule has 0 aliphatic carbocycles. The Morgan fingerprint density at radius 1 is 0.703 bits per heavy atom. The summed E-state index contributed by atoms with van der Waals surface area (Å²) in [5, 5.41) is 2.61. The van der Waals surface area contributed by atoms with E-state index in [9.17, 15) is 28.5 Å². The number of methoxy groups -OCH3 is 2. The molecule has 2 aliphatic rings. The molecule has 9 rings (SSSR count). The van der Waals surface area contributed by atoms with Crippen molar-refractivity contribution in [2.24, 2.45) is 0 Å². The second-order valence-corrected chi connectivity index (χ2v) is 18.2. The third-order valence-corrected chi connectivity index (χ3v) is 13.5. The summed E-state index contributed by atoms with van der Waals surface area (Å²) in [5.74, 6) is 0.118. The molecule has 1 amide bonds. The van der Waals surface area contributed by atoms with Gasteiger partial charge in [0.2, 0.25) is 0 Å². The second-order valence-electron chi connectivity index (χ2n) is 17.3. The standard InChI is InChI=1S/C54H50N5O14P/c1-34-31-59(53(64)57-49(34)60)48-30-43(44(70-48)32-68-54(37-17-11-6-12-18-37,38-19-23-40(66-2)24-20-38)39-21-25-41(67-3)26-22-39)73-74(65)69-33-45-42(72-51(62)36-15-9-5-10-16-36)29-47(71-45)58-28-27-46(56-52(58)63)55-50(61)35-13-7-4-8-14-35/h4-28,31,42-45,47-48H,29-30,32-33H2,1-3H3,(H-,55,56,57,60,61,63,64)/p+1/t42-,43-,44+,45+,47+,48+/m0/s1. The summed E-state index contributed by atoms with van der Waals surface area (Å²) in [4.78, 5) is 71.7. The summed E-state index contributed by atoms with van der Waals surface area (Å²) < 4.78 is 65.4. The number of nitrogens with zero attached hydrogens (tertiary/aromatic N) is 3. The highest BCUT2D eigenvalue weighted by Gasteiger charge is 2.48. The summed E-state index contributed by atoms with van der Waals surface area (Å²) in [5.41, 5.74) is -0.260. The number of amides is 1. The number of carbonyl (C=O) groups is 2. The fourth-order valence-electron chi connectivity index (χ4n) is 8.89. The number of anilines is 1. The van der Waals surface area contributed by atoms with Gasteiger partial charge in [-0.3, -0.25) is 23.7 Å². The zero-order valence-electron chi connectivity index (χ0n) is 40.3. The van der Waals surface area contributed by atoms with Crippen LogP contribution in [0.5, 0.6) is 11.5 Å². The number of hydrogen-bond acceptors (Lipinski definition) is 15. The van der Waals surface area contributed by atoms with Crippen molar-refractivity contribution in [2.75, 3.05) is 32.8 Å². The number of aryl methyl sites for hydroxylation is 1. The fourth-order valence-corrected chi connectivity index (χ4v) is 9.67. The van der Waals surface area contributed by atoms with Gasteiger partial charge in [-0.2, -0.15) is 4.98 Å². The quantitative estimate of drug-likeness (QED) is 0.0462. The Morgan fingerprint density at radius 3 is 1.84 bits per heavy atom. The van der Waals surface area contributed by atoms with Crippen molar-refractivity contribution in [1.29, 1.82) is 0 Å². The van der Waals surface area contributed by atoms with Gasteiger partial charge in [0.05, 0.1) is 26.4 Å². The normalized spacial score (nSPS) is 19.6. The zero-order chi connectivity index (χ0) is 51.8. The highest BCUT2D eigenvalue weighted by atomic mass is 31.1. The smallest absolute Gasteiger partial charge is 0.497 e. The van der Waals surface area contributed by atoms with E-state index in [0.717, 1.165) is 16.7 Å². The number of rotatable bonds is 19. The number of benzene rings is 5. The Kier molecular flexibility index (Phi) is 15.8. The van der Waals surface area contributed by atoms with Crippen molar-refractivity contribution in [3.8, 4) is 11.5 Å². The van der Waals surface area contributed by atoms with Crippen LogP contribution in [0.3, 0.4) is 0 Å². The summed E-state index contributed by atoms with van der Waals surface area (Å²) in [6.07, 6.45) is -3.47. The maximum atomic E-state index is 14.1. The number of aromatic amines is 1. The fraction of sp³-hybridized carbons (Fsp3) is 0.259. The first-order chi connectivity index (χ1) is 35.9. The average molecular weight is 1020 g/mol. The maximum Gasteiger partial charge on any atom is 0.697 e. The van der Waals surface area contributed by atoms with Gasteiger partial charge < -0.3 is 33.7 Å². The average Bonchev–Trinajstić information content (AvgIpc) is 4.03. The van der Waals surface area contributed by atoms with Crippen LogP contribution < -0.4 is 31.7 Å². The van der Waals surface area contributed by atoms with E-state index < -0.39 is 86.1 Å². The number of ether oxygens (including phenoxy) is 6. The largest absolute Gasteiger partial charge is 0.697 e. The van der Waals surface area contributed by atoms with Gasteiger partial charge >= 0.3 is 25.6 Å². The molecule has 74 heavy (non-hydrogen) atoms. The van der Waals surface area contributed by atoms with Crippen molar-refractivity contribution in [3.05, 3.63) is 223 Å². The first-order valence-electron chi connectivity index (χ1n) is 23.5. The van der Waals surface area contributed by atoms with Crippen LogP contribution in [0.4, 0.5) is 5.82 Å². The van der Waals surface area contributed by atoms with Crippen molar-refractivity contribution >= 4 is 25.9 Å². The van der Waals surface area contributed by atoms with Gasteiger partial charge in [-0.05, 0) is 78.2 Å². The molecule has 0 saturated carbocycles. The lowest BCUT2D eigenvalue weighted by molar-refractivity contribution is -0.0927. The lowest BCUT2D eigenvalue weighted by Crippen LogP contribution is -2.38. The Labute approximate surface area is 424 Å². The van der Waals surface area contributed by atoms with Crippen LogP contribution in [0, 0.1) is 6.92 Å². The highest BCUT2D eigenvalue weighted by molar-refractivity contribution is 7.33. The number of esters is 1.